The number of aliphatic hydroxyl groups is 1. The van der Waals surface area contributed by atoms with Gasteiger partial charge < -0.3 is 20.5 Å². The monoisotopic (exact) mass is 423 g/mol. The fraction of sp³-hybridized carbons (Fsp3) is 0.550. The number of imide groups is 1. The maximum Gasteiger partial charge on any atom is 0.324 e. The zero-order chi connectivity index (χ0) is 21.2. The van der Waals surface area contributed by atoms with E-state index in [1.807, 2.05) is 30.5 Å². The topological polar surface area (TPSA) is 108 Å². The lowest BCUT2D eigenvalue weighted by Crippen LogP contribution is -2.39. The van der Waals surface area contributed by atoms with E-state index in [1.54, 1.807) is 18.9 Å². The van der Waals surface area contributed by atoms with Gasteiger partial charge in [0, 0.05) is 13.0 Å². The number of carbonyl (C=O) groups is 3. The number of nitrogens with zero attached hydrogens (tertiary/aromatic N) is 1. The van der Waals surface area contributed by atoms with Gasteiger partial charge in [0.2, 0.25) is 5.91 Å². The molecule has 9 heteroatoms. The Morgan fingerprint density at radius 1 is 1.34 bits per heavy atom. The fourth-order valence-corrected chi connectivity index (χ4v) is 3.58. The maximum atomic E-state index is 12.5. The molecule has 0 aliphatic carbocycles. The van der Waals surface area contributed by atoms with E-state index in [0.29, 0.717) is 12.8 Å². The molecule has 1 saturated heterocycles. The van der Waals surface area contributed by atoms with Gasteiger partial charge in [-0.1, -0.05) is 12.1 Å². The van der Waals surface area contributed by atoms with Crippen LogP contribution in [-0.4, -0.2) is 72.2 Å². The molecule has 1 heterocycles. The summed E-state index contributed by atoms with van der Waals surface area (Å²) in [6, 6.07) is 6.06. The lowest BCUT2D eigenvalue weighted by atomic mass is 10.1. The molecule has 0 unspecified atom stereocenters. The summed E-state index contributed by atoms with van der Waals surface area (Å²) in [5.41, 5.74) is 0.995. The number of ether oxygens (including phenoxy) is 1. The van der Waals surface area contributed by atoms with Gasteiger partial charge in [-0.25, -0.2) is 4.79 Å². The van der Waals surface area contributed by atoms with Crippen molar-refractivity contribution in [3.8, 4) is 5.75 Å². The molecule has 0 aromatic heterocycles. The Hall–Kier alpha value is -2.26. The molecule has 2 atom stereocenters. The number of carbonyl (C=O) groups excluding carboxylic acids is 3. The molecule has 1 aromatic carbocycles. The highest BCUT2D eigenvalue weighted by atomic mass is 32.2. The summed E-state index contributed by atoms with van der Waals surface area (Å²) in [5, 5.41) is 14.7. The van der Waals surface area contributed by atoms with Gasteiger partial charge in [-0.15, -0.1) is 0 Å². The SMILES string of the molecule is COc1ccc(CCN2C(=O)N[C@H](CCC(=O)N[C@@H](CO)CCSC)C2=O)cc1. The van der Waals surface area contributed by atoms with Crippen molar-refractivity contribution in [2.24, 2.45) is 0 Å². The van der Waals surface area contributed by atoms with Crippen molar-refractivity contribution in [1.82, 2.24) is 15.5 Å². The van der Waals surface area contributed by atoms with Crippen molar-refractivity contribution in [3.05, 3.63) is 29.8 Å². The van der Waals surface area contributed by atoms with Crippen LogP contribution in [0.5, 0.6) is 5.75 Å². The van der Waals surface area contributed by atoms with Gasteiger partial charge in [0.1, 0.15) is 11.8 Å². The van der Waals surface area contributed by atoms with E-state index < -0.39 is 12.1 Å². The second-order valence-corrected chi connectivity index (χ2v) is 7.84. The summed E-state index contributed by atoms with van der Waals surface area (Å²) >= 11 is 1.65. The molecule has 3 N–H and O–H groups in total. The van der Waals surface area contributed by atoms with Crippen molar-refractivity contribution in [1.29, 1.82) is 0 Å². The van der Waals surface area contributed by atoms with Crippen molar-refractivity contribution >= 4 is 29.6 Å². The smallest absolute Gasteiger partial charge is 0.324 e. The summed E-state index contributed by atoms with van der Waals surface area (Å²) in [6.45, 7) is 0.158. The highest BCUT2D eigenvalue weighted by Gasteiger charge is 2.37. The Labute approximate surface area is 175 Å². The van der Waals surface area contributed by atoms with E-state index in [-0.39, 0.29) is 43.8 Å². The predicted molar refractivity (Wildman–Crippen MR) is 112 cm³/mol. The Kier molecular flexibility index (Phi) is 9.27. The zero-order valence-corrected chi connectivity index (χ0v) is 17.7. The average Bonchev–Trinajstić information content (AvgIpc) is 3.01. The van der Waals surface area contributed by atoms with E-state index >= 15 is 0 Å². The van der Waals surface area contributed by atoms with Gasteiger partial charge in [0.25, 0.3) is 5.91 Å². The first kappa shape index (κ1) is 23.0. The Morgan fingerprint density at radius 3 is 2.69 bits per heavy atom. The van der Waals surface area contributed by atoms with Gasteiger partial charge in [0.05, 0.1) is 19.8 Å². The number of aliphatic hydroxyl groups excluding tert-OH is 1. The molecule has 1 aliphatic rings. The summed E-state index contributed by atoms with van der Waals surface area (Å²) < 4.78 is 5.12. The zero-order valence-electron chi connectivity index (χ0n) is 16.8. The molecule has 1 fully saturated rings. The van der Waals surface area contributed by atoms with Gasteiger partial charge in [-0.3, -0.25) is 14.5 Å². The first-order chi connectivity index (χ1) is 14.0. The molecule has 160 valence electrons. The number of methoxy groups -OCH3 is 1. The molecule has 0 bridgehead atoms. The molecule has 0 spiro atoms. The Balaban J connectivity index is 1.79. The van der Waals surface area contributed by atoms with Crippen LogP contribution in [0.4, 0.5) is 4.79 Å². The van der Waals surface area contributed by atoms with Gasteiger partial charge in [0.15, 0.2) is 0 Å². The number of hydrogen-bond donors (Lipinski definition) is 3. The largest absolute Gasteiger partial charge is 0.497 e. The number of nitrogens with one attached hydrogen (secondary N) is 2. The summed E-state index contributed by atoms with van der Waals surface area (Å²) in [6.07, 6.45) is 3.53. The number of urea groups is 1. The average molecular weight is 424 g/mol. The van der Waals surface area contributed by atoms with Crippen molar-refractivity contribution in [2.75, 3.05) is 32.3 Å². The number of benzene rings is 1. The number of thioether (sulfide) groups is 1. The molecule has 8 nitrogen and oxygen atoms in total. The van der Waals surface area contributed by atoms with Crippen LogP contribution < -0.4 is 15.4 Å². The van der Waals surface area contributed by atoms with Crippen molar-refractivity contribution in [2.45, 2.75) is 37.8 Å². The third-order valence-corrected chi connectivity index (χ3v) is 5.45. The first-order valence-corrected chi connectivity index (χ1v) is 11.0. The standard InChI is InChI=1S/C20H29N3O5S/c1-28-16-5-3-14(4-6-16)9-11-23-19(26)17(22-20(23)27)7-8-18(25)21-15(13-24)10-12-29-2/h3-6,15,17,24H,7-13H2,1-2H3,(H,21,25)(H,22,27)/t15-,17-/m1/s1. The van der Waals surface area contributed by atoms with Crippen LogP contribution in [0, 0.1) is 0 Å². The molecule has 4 amide bonds. The van der Waals surface area contributed by atoms with Crippen LogP contribution in [-0.2, 0) is 16.0 Å². The molecule has 1 aliphatic heterocycles. The second-order valence-electron chi connectivity index (χ2n) is 6.86. The lowest BCUT2D eigenvalue weighted by Gasteiger charge is -2.16. The third-order valence-electron chi connectivity index (χ3n) is 4.81. The molecule has 0 radical (unpaired) electrons. The summed E-state index contributed by atoms with van der Waals surface area (Å²) in [7, 11) is 1.59. The minimum atomic E-state index is -0.692. The highest BCUT2D eigenvalue weighted by molar-refractivity contribution is 7.98. The van der Waals surface area contributed by atoms with E-state index in [9.17, 15) is 19.5 Å². The van der Waals surface area contributed by atoms with Crippen LogP contribution >= 0.6 is 11.8 Å². The first-order valence-electron chi connectivity index (χ1n) is 9.62. The van der Waals surface area contributed by atoms with Gasteiger partial charge in [-0.05, 0) is 49.0 Å². The fourth-order valence-electron chi connectivity index (χ4n) is 3.06. The molecular formula is C20H29N3O5S. The number of hydrogen-bond acceptors (Lipinski definition) is 6. The van der Waals surface area contributed by atoms with Crippen LogP contribution in [0.15, 0.2) is 24.3 Å². The maximum absolute atomic E-state index is 12.5. The minimum absolute atomic E-state index is 0.110. The summed E-state index contributed by atoms with van der Waals surface area (Å²) in [4.78, 5) is 37.9. The summed E-state index contributed by atoms with van der Waals surface area (Å²) in [5.74, 6) is 1.05. The van der Waals surface area contributed by atoms with E-state index in [1.165, 1.54) is 4.90 Å². The molecular weight excluding hydrogens is 394 g/mol. The number of rotatable bonds is 12. The molecule has 29 heavy (non-hydrogen) atoms. The quantitative estimate of drug-likeness (QED) is 0.436. The normalized spacial score (nSPS) is 17.2. The number of amides is 4. The molecule has 2 rings (SSSR count). The second kappa shape index (κ2) is 11.7. The van der Waals surface area contributed by atoms with Gasteiger partial charge >= 0.3 is 6.03 Å². The molecule has 1 aromatic rings. The van der Waals surface area contributed by atoms with Crippen molar-refractivity contribution in [3.63, 3.8) is 0 Å². The van der Waals surface area contributed by atoms with E-state index in [0.717, 1.165) is 17.1 Å². The molecule has 0 saturated carbocycles. The van der Waals surface area contributed by atoms with Crippen LogP contribution in [0.25, 0.3) is 0 Å². The van der Waals surface area contributed by atoms with Crippen LogP contribution in [0.3, 0.4) is 0 Å². The van der Waals surface area contributed by atoms with Crippen LogP contribution in [0.1, 0.15) is 24.8 Å². The van der Waals surface area contributed by atoms with Crippen molar-refractivity contribution < 1.29 is 24.2 Å². The minimum Gasteiger partial charge on any atom is -0.497 e. The Bertz CT molecular complexity index is 698. The predicted octanol–water partition coefficient (Wildman–Crippen LogP) is 1.17. The third kappa shape index (κ3) is 6.93. The van der Waals surface area contributed by atoms with Gasteiger partial charge in [-0.2, -0.15) is 11.8 Å². The van der Waals surface area contributed by atoms with E-state index in [4.69, 9.17) is 4.74 Å². The van der Waals surface area contributed by atoms with Crippen LogP contribution in [0.2, 0.25) is 0 Å². The highest BCUT2D eigenvalue weighted by Crippen LogP contribution is 2.15. The lowest BCUT2D eigenvalue weighted by molar-refractivity contribution is -0.127. The Morgan fingerprint density at radius 2 is 2.07 bits per heavy atom. The van der Waals surface area contributed by atoms with E-state index in [2.05, 4.69) is 10.6 Å².